The molecule has 1 unspecified atom stereocenters. The van der Waals surface area contributed by atoms with Gasteiger partial charge in [-0.2, -0.15) is 0 Å². The second kappa shape index (κ2) is 3.33. The van der Waals surface area contributed by atoms with Gasteiger partial charge >= 0.3 is 0 Å². The fraction of sp³-hybridized carbons (Fsp3) is 0.364. The van der Waals surface area contributed by atoms with Crippen molar-refractivity contribution in [1.82, 2.24) is 5.32 Å². The Morgan fingerprint density at radius 1 is 1.50 bits per heavy atom. The van der Waals surface area contributed by atoms with Crippen LogP contribution >= 0.6 is 0 Å². The summed E-state index contributed by atoms with van der Waals surface area (Å²) in [7, 11) is 1.66. The van der Waals surface area contributed by atoms with Gasteiger partial charge in [-0.05, 0) is 24.1 Å². The first kappa shape index (κ1) is 9.06. The van der Waals surface area contributed by atoms with E-state index in [2.05, 4.69) is 11.4 Å². The van der Waals surface area contributed by atoms with Gasteiger partial charge in [-0.25, -0.2) is 0 Å². The van der Waals surface area contributed by atoms with Crippen LogP contribution < -0.4 is 10.1 Å². The summed E-state index contributed by atoms with van der Waals surface area (Å²) in [6.07, 6.45) is 0.603. The fourth-order valence-corrected chi connectivity index (χ4v) is 1.68. The first-order chi connectivity index (χ1) is 6.70. The molecule has 0 radical (unpaired) electrons. The van der Waals surface area contributed by atoms with E-state index in [1.165, 1.54) is 0 Å². The van der Waals surface area contributed by atoms with E-state index in [9.17, 15) is 4.79 Å². The standard InChI is InChI=1S/C11H13NO2/c1-7-5-8(3-4-10(7)14-2)9-6-11(13)12-9/h3-5,9H,6H2,1-2H3,(H,12,13). The summed E-state index contributed by atoms with van der Waals surface area (Å²) >= 11 is 0. The van der Waals surface area contributed by atoms with Crippen molar-refractivity contribution in [3.63, 3.8) is 0 Å². The monoisotopic (exact) mass is 191 g/mol. The largest absolute Gasteiger partial charge is 0.496 e. The minimum atomic E-state index is 0.128. The summed E-state index contributed by atoms with van der Waals surface area (Å²) in [5.41, 5.74) is 2.26. The third-order valence-corrected chi connectivity index (χ3v) is 2.55. The maximum Gasteiger partial charge on any atom is 0.222 e. The van der Waals surface area contributed by atoms with Crippen molar-refractivity contribution < 1.29 is 9.53 Å². The van der Waals surface area contributed by atoms with Gasteiger partial charge < -0.3 is 10.1 Å². The number of nitrogens with one attached hydrogen (secondary N) is 1. The Morgan fingerprint density at radius 2 is 2.21 bits per heavy atom. The van der Waals surface area contributed by atoms with Gasteiger partial charge in [-0.3, -0.25) is 4.79 Å². The topological polar surface area (TPSA) is 38.3 Å². The van der Waals surface area contributed by atoms with Crippen LogP contribution in [0, 0.1) is 6.92 Å². The van der Waals surface area contributed by atoms with Gasteiger partial charge in [0.1, 0.15) is 5.75 Å². The quantitative estimate of drug-likeness (QED) is 0.720. The molecular weight excluding hydrogens is 178 g/mol. The average molecular weight is 191 g/mol. The average Bonchev–Trinajstić information content (AvgIpc) is 2.13. The molecule has 14 heavy (non-hydrogen) atoms. The van der Waals surface area contributed by atoms with Crippen molar-refractivity contribution in [3.8, 4) is 5.75 Å². The molecule has 1 heterocycles. The number of β-lactam (4-membered cyclic amide) rings is 1. The normalized spacial score (nSPS) is 19.9. The van der Waals surface area contributed by atoms with Crippen molar-refractivity contribution in [3.05, 3.63) is 29.3 Å². The molecule has 3 nitrogen and oxygen atoms in total. The molecule has 0 bridgehead atoms. The van der Waals surface area contributed by atoms with Crippen LogP contribution in [0.3, 0.4) is 0 Å². The molecule has 1 atom stereocenters. The molecule has 1 fully saturated rings. The molecule has 0 aliphatic carbocycles. The lowest BCUT2D eigenvalue weighted by molar-refractivity contribution is -0.128. The molecule has 0 aromatic heterocycles. The zero-order valence-electron chi connectivity index (χ0n) is 8.33. The second-order valence-electron chi connectivity index (χ2n) is 3.55. The van der Waals surface area contributed by atoms with Crippen LogP contribution in [0.15, 0.2) is 18.2 Å². The van der Waals surface area contributed by atoms with Crippen LogP contribution in [0.1, 0.15) is 23.6 Å². The van der Waals surface area contributed by atoms with Crippen molar-refractivity contribution >= 4 is 5.91 Å². The number of rotatable bonds is 2. The molecule has 0 spiro atoms. The molecule has 1 N–H and O–H groups in total. The van der Waals surface area contributed by atoms with Gasteiger partial charge in [0.15, 0.2) is 0 Å². The van der Waals surface area contributed by atoms with Crippen LogP contribution in [-0.2, 0) is 4.79 Å². The predicted molar refractivity (Wildman–Crippen MR) is 53.2 cm³/mol. The van der Waals surface area contributed by atoms with Crippen LogP contribution in [-0.4, -0.2) is 13.0 Å². The first-order valence-electron chi connectivity index (χ1n) is 4.64. The van der Waals surface area contributed by atoms with Crippen LogP contribution in [0.2, 0.25) is 0 Å². The molecule has 1 amide bonds. The number of hydrogen-bond donors (Lipinski definition) is 1. The molecule has 1 aromatic rings. The molecule has 1 aromatic carbocycles. The van der Waals surface area contributed by atoms with E-state index >= 15 is 0 Å². The third-order valence-electron chi connectivity index (χ3n) is 2.55. The van der Waals surface area contributed by atoms with Crippen molar-refractivity contribution in [2.24, 2.45) is 0 Å². The van der Waals surface area contributed by atoms with Gasteiger partial charge in [-0.15, -0.1) is 0 Å². The van der Waals surface area contributed by atoms with E-state index in [0.717, 1.165) is 16.9 Å². The van der Waals surface area contributed by atoms with Gasteiger partial charge in [-0.1, -0.05) is 12.1 Å². The molecule has 1 aliphatic heterocycles. The first-order valence-corrected chi connectivity index (χ1v) is 4.64. The lowest BCUT2D eigenvalue weighted by Crippen LogP contribution is -2.41. The van der Waals surface area contributed by atoms with Gasteiger partial charge in [0.25, 0.3) is 0 Å². The summed E-state index contributed by atoms with van der Waals surface area (Å²) in [5, 5.41) is 2.84. The second-order valence-corrected chi connectivity index (χ2v) is 3.55. The fourth-order valence-electron chi connectivity index (χ4n) is 1.68. The zero-order valence-corrected chi connectivity index (χ0v) is 8.33. The van der Waals surface area contributed by atoms with E-state index in [1.54, 1.807) is 7.11 Å². The van der Waals surface area contributed by atoms with Gasteiger partial charge in [0.2, 0.25) is 5.91 Å². The van der Waals surface area contributed by atoms with Crippen molar-refractivity contribution in [2.45, 2.75) is 19.4 Å². The minimum absolute atomic E-state index is 0.128. The van der Waals surface area contributed by atoms with E-state index in [4.69, 9.17) is 4.74 Å². The minimum Gasteiger partial charge on any atom is -0.496 e. The summed E-state index contributed by atoms with van der Waals surface area (Å²) < 4.78 is 5.17. The van der Waals surface area contributed by atoms with E-state index in [-0.39, 0.29) is 11.9 Å². The number of benzene rings is 1. The number of amides is 1. The summed E-state index contributed by atoms with van der Waals surface area (Å²) in [6.45, 7) is 2.00. The zero-order chi connectivity index (χ0) is 10.1. The number of aryl methyl sites for hydroxylation is 1. The molecule has 1 saturated heterocycles. The number of carbonyl (C=O) groups is 1. The Labute approximate surface area is 83.1 Å². The highest BCUT2D eigenvalue weighted by Gasteiger charge is 2.26. The Bertz CT molecular complexity index is 366. The van der Waals surface area contributed by atoms with E-state index in [0.29, 0.717) is 6.42 Å². The van der Waals surface area contributed by atoms with Gasteiger partial charge in [0, 0.05) is 0 Å². The Morgan fingerprint density at radius 3 is 2.71 bits per heavy atom. The lowest BCUT2D eigenvalue weighted by atomic mass is 9.96. The summed E-state index contributed by atoms with van der Waals surface area (Å²) in [5.74, 6) is 1.02. The van der Waals surface area contributed by atoms with Crippen LogP contribution in [0.4, 0.5) is 0 Å². The maximum absolute atomic E-state index is 10.8. The number of hydrogen-bond acceptors (Lipinski definition) is 2. The highest BCUT2D eigenvalue weighted by molar-refractivity contribution is 5.83. The lowest BCUT2D eigenvalue weighted by Gasteiger charge is -2.27. The number of ether oxygens (including phenoxy) is 1. The summed E-state index contributed by atoms with van der Waals surface area (Å²) in [6, 6.07) is 6.20. The molecule has 0 saturated carbocycles. The molecule has 2 rings (SSSR count). The Hall–Kier alpha value is -1.51. The SMILES string of the molecule is COc1ccc(C2CC(=O)N2)cc1C. The molecule has 3 heteroatoms. The number of methoxy groups -OCH3 is 1. The summed E-state index contributed by atoms with van der Waals surface area (Å²) in [4.78, 5) is 10.8. The predicted octanol–water partition coefficient (Wildman–Crippen LogP) is 1.56. The molecule has 74 valence electrons. The smallest absolute Gasteiger partial charge is 0.222 e. The Balaban J connectivity index is 2.20. The van der Waals surface area contributed by atoms with Crippen LogP contribution in [0.25, 0.3) is 0 Å². The van der Waals surface area contributed by atoms with Gasteiger partial charge in [0.05, 0.1) is 19.6 Å². The van der Waals surface area contributed by atoms with E-state index in [1.807, 2.05) is 19.1 Å². The maximum atomic E-state index is 10.8. The molecular formula is C11H13NO2. The highest BCUT2D eigenvalue weighted by Crippen LogP contribution is 2.27. The molecule has 1 aliphatic rings. The number of carbonyl (C=O) groups excluding carboxylic acids is 1. The third kappa shape index (κ3) is 1.45. The van der Waals surface area contributed by atoms with Crippen molar-refractivity contribution in [1.29, 1.82) is 0 Å². The van der Waals surface area contributed by atoms with E-state index < -0.39 is 0 Å². The Kier molecular flexibility index (Phi) is 2.15. The highest BCUT2D eigenvalue weighted by atomic mass is 16.5. The van der Waals surface area contributed by atoms with Crippen molar-refractivity contribution in [2.75, 3.05) is 7.11 Å². The van der Waals surface area contributed by atoms with Crippen LogP contribution in [0.5, 0.6) is 5.75 Å².